The van der Waals surface area contributed by atoms with Crippen LogP contribution in [-0.2, 0) is 16.1 Å². The molecule has 6 nitrogen and oxygen atoms in total. The molecule has 0 saturated carbocycles. The second kappa shape index (κ2) is 11.3. The standard InChI is InChI=1S/C17H26N2O4.ClH/c1-2-23-17(21)19-10-8-18(9-11-19)12-16(20)14-22-13-15-6-4-3-5-7-15;/h3-7,16,20H,2,8-14H2,1H3;1H/p-1. The second-order valence-electron chi connectivity index (χ2n) is 5.64. The molecule has 1 fully saturated rings. The van der Waals surface area contributed by atoms with Gasteiger partial charge in [-0.05, 0) is 12.5 Å². The first-order chi connectivity index (χ1) is 11.2. The molecule has 1 heterocycles. The Bertz CT molecular complexity index is 467. The Kier molecular flexibility index (Phi) is 9.71. The molecule has 136 valence electrons. The third-order valence-electron chi connectivity index (χ3n) is 3.79. The topological polar surface area (TPSA) is 62.2 Å². The Hall–Kier alpha value is -1.34. The van der Waals surface area contributed by atoms with Gasteiger partial charge in [-0.2, -0.15) is 0 Å². The van der Waals surface area contributed by atoms with E-state index in [1.54, 1.807) is 11.8 Å². The minimum Gasteiger partial charge on any atom is -1.00 e. The normalized spacial score (nSPS) is 16.3. The van der Waals surface area contributed by atoms with E-state index in [1.165, 1.54) is 0 Å². The number of hydrogen-bond acceptors (Lipinski definition) is 5. The van der Waals surface area contributed by atoms with Crippen LogP contribution >= 0.6 is 0 Å². The highest BCUT2D eigenvalue weighted by atomic mass is 35.5. The summed E-state index contributed by atoms with van der Waals surface area (Å²) in [6, 6.07) is 9.91. The lowest BCUT2D eigenvalue weighted by Gasteiger charge is -2.34. The van der Waals surface area contributed by atoms with Crippen molar-refractivity contribution in [2.75, 3.05) is 45.9 Å². The maximum atomic E-state index is 11.6. The summed E-state index contributed by atoms with van der Waals surface area (Å²) in [5.41, 5.74) is 1.10. The summed E-state index contributed by atoms with van der Waals surface area (Å²) < 4.78 is 10.5. The van der Waals surface area contributed by atoms with E-state index in [0.717, 1.165) is 18.7 Å². The van der Waals surface area contributed by atoms with E-state index in [2.05, 4.69) is 4.90 Å². The van der Waals surface area contributed by atoms with Crippen LogP contribution in [0.1, 0.15) is 12.5 Å². The number of piperazine rings is 1. The number of aliphatic hydroxyl groups is 1. The molecule has 0 spiro atoms. The number of β-amino-alcohol motifs (C(OH)–C–C–N with tert-alkyl or cyclic N) is 1. The number of halogens is 1. The molecule has 1 aliphatic heterocycles. The van der Waals surface area contributed by atoms with E-state index in [9.17, 15) is 9.90 Å². The van der Waals surface area contributed by atoms with E-state index in [-0.39, 0.29) is 18.5 Å². The van der Waals surface area contributed by atoms with Crippen molar-refractivity contribution >= 4 is 6.09 Å². The van der Waals surface area contributed by atoms with Gasteiger partial charge in [-0.3, -0.25) is 4.90 Å². The van der Waals surface area contributed by atoms with Gasteiger partial charge in [-0.15, -0.1) is 0 Å². The lowest BCUT2D eigenvalue weighted by molar-refractivity contribution is -0.000124. The summed E-state index contributed by atoms with van der Waals surface area (Å²) in [5, 5.41) is 10.1. The third kappa shape index (κ3) is 7.05. The fraction of sp³-hybridized carbons (Fsp3) is 0.588. The first kappa shape index (κ1) is 20.7. The summed E-state index contributed by atoms with van der Waals surface area (Å²) in [5.74, 6) is 0. The molecule has 1 aliphatic rings. The SMILES string of the molecule is CCOC(=O)N1CCN(CC(O)COCc2ccccc2)CC1.[Cl-]. The van der Waals surface area contributed by atoms with Gasteiger partial charge in [0.25, 0.3) is 0 Å². The van der Waals surface area contributed by atoms with Crippen LogP contribution in [0.4, 0.5) is 4.79 Å². The monoisotopic (exact) mass is 357 g/mol. The van der Waals surface area contributed by atoms with Gasteiger partial charge in [0.2, 0.25) is 0 Å². The van der Waals surface area contributed by atoms with Crippen molar-refractivity contribution < 1.29 is 31.8 Å². The molecule has 0 aromatic heterocycles. The van der Waals surface area contributed by atoms with Gasteiger partial charge in [0.15, 0.2) is 0 Å². The highest BCUT2D eigenvalue weighted by molar-refractivity contribution is 5.67. The molecular weight excluding hydrogens is 332 g/mol. The maximum absolute atomic E-state index is 11.6. The van der Waals surface area contributed by atoms with Crippen LogP contribution in [0, 0.1) is 0 Å². The lowest BCUT2D eigenvalue weighted by Crippen LogP contribution is -3.00. The minimum absolute atomic E-state index is 0. The summed E-state index contributed by atoms with van der Waals surface area (Å²) in [4.78, 5) is 15.5. The van der Waals surface area contributed by atoms with Gasteiger partial charge in [-0.1, -0.05) is 30.3 Å². The van der Waals surface area contributed by atoms with Crippen molar-refractivity contribution in [3.63, 3.8) is 0 Å². The van der Waals surface area contributed by atoms with Crippen LogP contribution in [0.3, 0.4) is 0 Å². The number of carbonyl (C=O) groups is 1. The zero-order chi connectivity index (χ0) is 16.5. The van der Waals surface area contributed by atoms with Gasteiger partial charge in [0, 0.05) is 32.7 Å². The zero-order valence-electron chi connectivity index (χ0n) is 14.1. The fourth-order valence-electron chi connectivity index (χ4n) is 2.57. The van der Waals surface area contributed by atoms with E-state index < -0.39 is 6.10 Å². The Morgan fingerprint density at radius 1 is 1.21 bits per heavy atom. The molecule has 24 heavy (non-hydrogen) atoms. The molecule has 1 aromatic carbocycles. The number of rotatable bonds is 7. The fourth-order valence-corrected chi connectivity index (χ4v) is 2.57. The van der Waals surface area contributed by atoms with Gasteiger partial charge < -0.3 is 31.9 Å². The summed E-state index contributed by atoms with van der Waals surface area (Å²) in [7, 11) is 0. The average Bonchev–Trinajstić information content (AvgIpc) is 2.57. The molecule has 2 rings (SSSR count). The average molecular weight is 358 g/mol. The van der Waals surface area contributed by atoms with Crippen molar-refractivity contribution in [2.24, 2.45) is 0 Å². The number of aliphatic hydroxyl groups excluding tert-OH is 1. The summed E-state index contributed by atoms with van der Waals surface area (Å²) in [6.07, 6.45) is -0.772. The largest absolute Gasteiger partial charge is 1.00 e. The molecule has 0 bridgehead atoms. The van der Waals surface area contributed by atoms with Crippen LogP contribution in [0.5, 0.6) is 0 Å². The highest BCUT2D eigenvalue weighted by Gasteiger charge is 2.23. The van der Waals surface area contributed by atoms with Gasteiger partial charge in [0.05, 0.1) is 25.9 Å². The Balaban J connectivity index is 0.00000288. The minimum atomic E-state index is -0.521. The molecule has 0 aliphatic carbocycles. The van der Waals surface area contributed by atoms with Crippen LogP contribution in [0.2, 0.25) is 0 Å². The quantitative estimate of drug-likeness (QED) is 0.633. The van der Waals surface area contributed by atoms with Crippen molar-refractivity contribution in [1.82, 2.24) is 9.80 Å². The number of carbonyl (C=O) groups excluding carboxylic acids is 1. The highest BCUT2D eigenvalue weighted by Crippen LogP contribution is 2.06. The van der Waals surface area contributed by atoms with E-state index in [4.69, 9.17) is 9.47 Å². The molecule has 1 unspecified atom stereocenters. The summed E-state index contributed by atoms with van der Waals surface area (Å²) in [6.45, 7) is 6.35. The number of benzene rings is 1. The van der Waals surface area contributed by atoms with Gasteiger partial charge >= 0.3 is 6.09 Å². The molecule has 1 atom stereocenters. The molecule has 1 amide bonds. The van der Waals surface area contributed by atoms with Crippen LogP contribution in [0.25, 0.3) is 0 Å². The number of nitrogens with zero attached hydrogens (tertiary/aromatic N) is 2. The molecule has 7 heteroatoms. The molecule has 1 N–H and O–H groups in total. The Morgan fingerprint density at radius 2 is 1.88 bits per heavy atom. The number of amides is 1. The zero-order valence-corrected chi connectivity index (χ0v) is 14.8. The Morgan fingerprint density at radius 3 is 2.50 bits per heavy atom. The Labute approximate surface area is 149 Å². The third-order valence-corrected chi connectivity index (χ3v) is 3.79. The van der Waals surface area contributed by atoms with Gasteiger partial charge in [0.1, 0.15) is 0 Å². The smallest absolute Gasteiger partial charge is 0.409 e. The van der Waals surface area contributed by atoms with Crippen molar-refractivity contribution in [1.29, 1.82) is 0 Å². The first-order valence-corrected chi connectivity index (χ1v) is 8.13. The predicted molar refractivity (Wildman–Crippen MR) is 87.1 cm³/mol. The van der Waals surface area contributed by atoms with E-state index >= 15 is 0 Å². The summed E-state index contributed by atoms with van der Waals surface area (Å²) >= 11 is 0. The molecular formula is C17H26ClN2O4-. The van der Waals surface area contributed by atoms with Crippen molar-refractivity contribution in [3.8, 4) is 0 Å². The number of ether oxygens (including phenoxy) is 2. The molecule has 0 radical (unpaired) electrons. The van der Waals surface area contributed by atoms with Crippen LogP contribution in [-0.4, -0.2) is 73.0 Å². The van der Waals surface area contributed by atoms with Crippen LogP contribution < -0.4 is 12.4 Å². The van der Waals surface area contributed by atoms with Crippen molar-refractivity contribution in [3.05, 3.63) is 35.9 Å². The van der Waals surface area contributed by atoms with E-state index in [1.807, 2.05) is 30.3 Å². The van der Waals surface area contributed by atoms with Crippen LogP contribution in [0.15, 0.2) is 30.3 Å². The second-order valence-corrected chi connectivity index (χ2v) is 5.64. The first-order valence-electron chi connectivity index (χ1n) is 8.13. The number of hydrogen-bond donors (Lipinski definition) is 1. The predicted octanol–water partition coefficient (Wildman–Crippen LogP) is -1.66. The molecule has 1 aromatic rings. The van der Waals surface area contributed by atoms with Gasteiger partial charge in [-0.25, -0.2) is 4.79 Å². The lowest BCUT2D eigenvalue weighted by atomic mass is 10.2. The molecule has 1 saturated heterocycles. The van der Waals surface area contributed by atoms with Crippen molar-refractivity contribution in [2.45, 2.75) is 19.6 Å². The van der Waals surface area contributed by atoms with E-state index in [0.29, 0.717) is 39.5 Å². The maximum Gasteiger partial charge on any atom is 0.409 e.